The minimum atomic E-state index is -0.411. The third-order valence-electron chi connectivity index (χ3n) is 3.25. The Morgan fingerprint density at radius 2 is 2.20 bits per heavy atom. The van der Waals surface area contributed by atoms with Gasteiger partial charge in [-0.3, -0.25) is 9.59 Å². The second-order valence-corrected chi connectivity index (χ2v) is 7.75. The number of hydrogen-bond donors (Lipinski definition) is 1. The van der Waals surface area contributed by atoms with Crippen LogP contribution in [0.1, 0.15) is 25.1 Å². The zero-order chi connectivity index (χ0) is 18.4. The van der Waals surface area contributed by atoms with Crippen molar-refractivity contribution in [3.8, 4) is 0 Å². The second kappa shape index (κ2) is 8.96. The van der Waals surface area contributed by atoms with Crippen LogP contribution in [0.5, 0.6) is 0 Å². The first-order valence-electron chi connectivity index (χ1n) is 7.72. The van der Waals surface area contributed by atoms with Crippen LogP contribution in [0.4, 0.5) is 10.1 Å². The fourth-order valence-corrected chi connectivity index (χ4v) is 3.88. The number of esters is 1. The second-order valence-electron chi connectivity index (χ2n) is 5.30. The van der Waals surface area contributed by atoms with Gasteiger partial charge in [0.1, 0.15) is 5.82 Å². The topological polar surface area (TPSA) is 68.3 Å². The number of nitrogens with one attached hydrogen (secondary N) is 1. The number of anilines is 1. The van der Waals surface area contributed by atoms with Gasteiger partial charge in [-0.05, 0) is 38.5 Å². The summed E-state index contributed by atoms with van der Waals surface area (Å²) < 4.78 is 19.1. The first-order chi connectivity index (χ1) is 11.9. The van der Waals surface area contributed by atoms with E-state index in [1.807, 2.05) is 0 Å². The summed E-state index contributed by atoms with van der Waals surface area (Å²) in [5.74, 6) is -0.923. The highest BCUT2D eigenvalue weighted by Crippen LogP contribution is 2.28. The fraction of sp³-hybridized carbons (Fsp3) is 0.353. The molecule has 0 spiro atoms. The van der Waals surface area contributed by atoms with Crippen LogP contribution in [0, 0.1) is 12.7 Å². The van der Waals surface area contributed by atoms with E-state index >= 15 is 0 Å². The Morgan fingerprint density at radius 3 is 2.88 bits per heavy atom. The van der Waals surface area contributed by atoms with Crippen molar-refractivity contribution >= 4 is 40.7 Å². The lowest BCUT2D eigenvalue weighted by molar-refractivity contribution is -0.142. The smallest absolute Gasteiger partial charge is 0.311 e. The highest BCUT2D eigenvalue weighted by molar-refractivity contribution is 8.02. The molecular weight excluding hydrogens is 363 g/mol. The van der Waals surface area contributed by atoms with Crippen LogP contribution in [-0.2, 0) is 20.7 Å². The van der Waals surface area contributed by atoms with Crippen molar-refractivity contribution < 1.29 is 18.7 Å². The molecule has 1 aromatic heterocycles. The van der Waals surface area contributed by atoms with Crippen molar-refractivity contribution in [1.29, 1.82) is 0 Å². The van der Waals surface area contributed by atoms with Gasteiger partial charge in [-0.2, -0.15) is 0 Å². The average molecular weight is 382 g/mol. The molecule has 8 heteroatoms. The summed E-state index contributed by atoms with van der Waals surface area (Å²) in [5, 5.41) is 4.05. The Kier molecular flexibility index (Phi) is 6.95. The molecule has 2 aromatic rings. The lowest BCUT2D eigenvalue weighted by Crippen LogP contribution is -2.22. The maximum Gasteiger partial charge on any atom is 0.311 e. The van der Waals surface area contributed by atoms with Crippen molar-refractivity contribution in [2.75, 3.05) is 11.9 Å². The SMILES string of the molecule is CCOC(=O)Cc1csc(S[C@H](C)C(=O)Nc2ccc(C)c(F)c2)n1. The van der Waals surface area contributed by atoms with Crippen LogP contribution in [0.25, 0.3) is 0 Å². The van der Waals surface area contributed by atoms with Gasteiger partial charge in [0.05, 0.1) is 24.0 Å². The minimum absolute atomic E-state index is 0.119. The van der Waals surface area contributed by atoms with Crippen LogP contribution in [-0.4, -0.2) is 28.7 Å². The van der Waals surface area contributed by atoms with Gasteiger partial charge >= 0.3 is 5.97 Å². The Morgan fingerprint density at radius 1 is 1.44 bits per heavy atom. The molecule has 1 amide bonds. The van der Waals surface area contributed by atoms with Gasteiger partial charge in [0, 0.05) is 11.1 Å². The van der Waals surface area contributed by atoms with Gasteiger partial charge in [-0.15, -0.1) is 11.3 Å². The van der Waals surface area contributed by atoms with Crippen LogP contribution >= 0.6 is 23.1 Å². The largest absolute Gasteiger partial charge is 0.466 e. The zero-order valence-corrected chi connectivity index (χ0v) is 15.8. The number of halogens is 1. The Balaban J connectivity index is 1.91. The van der Waals surface area contributed by atoms with Gasteiger partial charge in [0.15, 0.2) is 4.34 Å². The maximum absolute atomic E-state index is 13.5. The first-order valence-corrected chi connectivity index (χ1v) is 9.48. The molecule has 1 heterocycles. The van der Waals surface area contributed by atoms with Gasteiger partial charge in [-0.25, -0.2) is 9.37 Å². The van der Waals surface area contributed by atoms with E-state index in [-0.39, 0.29) is 24.1 Å². The molecule has 0 radical (unpaired) electrons. The molecular formula is C17H19FN2O3S2. The summed E-state index contributed by atoms with van der Waals surface area (Å²) in [7, 11) is 0. The van der Waals surface area contributed by atoms with E-state index in [4.69, 9.17) is 4.74 Å². The lowest BCUT2D eigenvalue weighted by Gasteiger charge is -2.11. The van der Waals surface area contributed by atoms with Crippen LogP contribution < -0.4 is 5.32 Å². The Labute approximate surface area is 154 Å². The summed E-state index contributed by atoms with van der Waals surface area (Å²) in [6, 6.07) is 4.57. The molecule has 0 aliphatic carbocycles. The minimum Gasteiger partial charge on any atom is -0.466 e. The molecule has 0 bridgehead atoms. The molecule has 1 aromatic carbocycles. The summed E-state index contributed by atoms with van der Waals surface area (Å²) in [4.78, 5) is 28.0. The summed E-state index contributed by atoms with van der Waals surface area (Å²) >= 11 is 2.66. The third kappa shape index (κ3) is 5.82. The van der Waals surface area contributed by atoms with E-state index in [2.05, 4.69) is 10.3 Å². The number of rotatable bonds is 7. The van der Waals surface area contributed by atoms with Gasteiger partial charge in [0.2, 0.25) is 5.91 Å². The average Bonchev–Trinajstić information content (AvgIpc) is 2.98. The van der Waals surface area contributed by atoms with Crippen molar-refractivity contribution in [3.63, 3.8) is 0 Å². The molecule has 134 valence electrons. The van der Waals surface area contributed by atoms with E-state index < -0.39 is 5.25 Å². The fourth-order valence-electron chi connectivity index (χ4n) is 1.90. The predicted molar refractivity (Wildman–Crippen MR) is 97.5 cm³/mol. The summed E-state index contributed by atoms with van der Waals surface area (Å²) in [6.45, 7) is 5.49. The monoisotopic (exact) mass is 382 g/mol. The molecule has 25 heavy (non-hydrogen) atoms. The highest BCUT2D eigenvalue weighted by atomic mass is 32.2. The number of ether oxygens (including phenoxy) is 1. The van der Waals surface area contributed by atoms with Crippen molar-refractivity contribution in [2.45, 2.75) is 36.8 Å². The first kappa shape index (κ1) is 19.4. The maximum atomic E-state index is 13.5. The van der Waals surface area contributed by atoms with E-state index in [1.165, 1.54) is 29.2 Å². The third-order valence-corrected chi connectivity index (χ3v) is 5.37. The molecule has 1 N–H and O–H groups in total. The molecule has 5 nitrogen and oxygen atoms in total. The lowest BCUT2D eigenvalue weighted by atomic mass is 10.2. The van der Waals surface area contributed by atoms with E-state index in [0.29, 0.717) is 27.9 Å². The highest BCUT2D eigenvalue weighted by Gasteiger charge is 2.18. The van der Waals surface area contributed by atoms with Crippen LogP contribution in [0.3, 0.4) is 0 Å². The van der Waals surface area contributed by atoms with Crippen LogP contribution in [0.15, 0.2) is 27.9 Å². The predicted octanol–water partition coefficient (Wildman–Crippen LogP) is 3.82. The number of carbonyl (C=O) groups excluding carboxylic acids is 2. The number of thioether (sulfide) groups is 1. The van der Waals surface area contributed by atoms with Crippen molar-refractivity contribution in [1.82, 2.24) is 4.98 Å². The number of amides is 1. The molecule has 2 rings (SSSR count). The number of nitrogens with zero attached hydrogens (tertiary/aromatic N) is 1. The summed E-state index contributed by atoms with van der Waals surface area (Å²) in [6.07, 6.45) is 0.119. The number of aryl methyl sites for hydroxylation is 1. The number of benzene rings is 1. The number of thiazole rings is 1. The van der Waals surface area contributed by atoms with Gasteiger partial charge in [0.25, 0.3) is 0 Å². The standard InChI is InChI=1S/C17H19FN2O3S2/c1-4-23-15(21)8-13-9-24-17(20-13)25-11(3)16(22)19-12-6-5-10(2)14(18)7-12/h5-7,9,11H,4,8H2,1-3H3,(H,19,22)/t11-/m1/s1. The van der Waals surface area contributed by atoms with Gasteiger partial charge in [-0.1, -0.05) is 17.8 Å². The van der Waals surface area contributed by atoms with Gasteiger partial charge < -0.3 is 10.1 Å². The molecule has 0 aliphatic rings. The summed E-state index contributed by atoms with van der Waals surface area (Å²) in [5.41, 5.74) is 1.57. The molecule has 0 unspecified atom stereocenters. The quantitative estimate of drug-likeness (QED) is 0.582. The molecule has 1 atom stereocenters. The zero-order valence-electron chi connectivity index (χ0n) is 14.2. The van der Waals surface area contributed by atoms with Crippen molar-refractivity contribution in [2.24, 2.45) is 0 Å². The Hall–Kier alpha value is -1.93. The van der Waals surface area contributed by atoms with E-state index in [9.17, 15) is 14.0 Å². The molecule has 0 aliphatic heterocycles. The van der Waals surface area contributed by atoms with Crippen molar-refractivity contribution in [3.05, 3.63) is 40.7 Å². The molecule has 0 fully saturated rings. The number of carbonyl (C=O) groups is 2. The number of aromatic nitrogens is 1. The Bertz CT molecular complexity index is 764. The normalized spacial score (nSPS) is 11.8. The number of hydrogen-bond acceptors (Lipinski definition) is 6. The molecule has 0 saturated heterocycles. The van der Waals surface area contributed by atoms with E-state index in [1.54, 1.807) is 38.3 Å². The van der Waals surface area contributed by atoms with Crippen LogP contribution in [0.2, 0.25) is 0 Å². The van der Waals surface area contributed by atoms with E-state index in [0.717, 1.165) is 0 Å². The molecule has 0 saturated carbocycles.